The summed E-state index contributed by atoms with van der Waals surface area (Å²) >= 11 is 0. The van der Waals surface area contributed by atoms with E-state index in [-0.39, 0.29) is 5.69 Å². The molecule has 1 atom stereocenters. The van der Waals surface area contributed by atoms with Gasteiger partial charge in [0.05, 0.1) is 12.3 Å². The van der Waals surface area contributed by atoms with Gasteiger partial charge < -0.3 is 9.84 Å². The van der Waals surface area contributed by atoms with Crippen LogP contribution in [-0.4, -0.2) is 38.8 Å². The molecule has 2 rings (SSSR count). The number of carboxylic acid groups (broad SMARTS) is 1. The average Bonchev–Trinajstić information content (AvgIpc) is 2.87. The molecule has 6 heteroatoms. The third-order valence-electron chi connectivity index (χ3n) is 2.70. The molecule has 0 saturated carbocycles. The zero-order valence-electron chi connectivity index (χ0n) is 9.00. The molecule has 0 amide bonds. The minimum absolute atomic E-state index is 0.00267. The third-order valence-corrected chi connectivity index (χ3v) is 2.70. The smallest absolute Gasteiger partial charge is 0.358 e. The van der Waals surface area contributed by atoms with Crippen LogP contribution in [0, 0.1) is 0 Å². The Labute approximate surface area is 93.2 Å². The molecule has 0 spiro atoms. The van der Waals surface area contributed by atoms with E-state index in [9.17, 15) is 4.79 Å². The van der Waals surface area contributed by atoms with Gasteiger partial charge in [-0.05, 0) is 25.7 Å². The number of ether oxygens (including phenoxy) is 1. The second kappa shape index (κ2) is 5.07. The lowest BCUT2D eigenvalue weighted by Gasteiger charge is -2.07. The molecule has 1 aliphatic rings. The van der Waals surface area contributed by atoms with Gasteiger partial charge in [0.2, 0.25) is 0 Å². The van der Waals surface area contributed by atoms with Gasteiger partial charge in [-0.3, -0.25) is 4.68 Å². The number of aryl methyl sites for hydroxylation is 1. The van der Waals surface area contributed by atoms with E-state index in [1.54, 1.807) is 4.68 Å². The van der Waals surface area contributed by atoms with Crippen LogP contribution in [0.1, 0.15) is 36.2 Å². The number of carboxylic acids is 1. The highest BCUT2D eigenvalue weighted by Gasteiger charge is 2.15. The fraction of sp³-hybridized carbons (Fsp3) is 0.700. The summed E-state index contributed by atoms with van der Waals surface area (Å²) in [5, 5.41) is 16.0. The number of hydrogen-bond acceptors (Lipinski definition) is 4. The maximum Gasteiger partial charge on any atom is 0.358 e. The molecule has 2 heterocycles. The van der Waals surface area contributed by atoms with Gasteiger partial charge in [-0.1, -0.05) is 5.21 Å². The lowest BCUT2D eigenvalue weighted by molar-refractivity contribution is 0.0690. The van der Waals surface area contributed by atoms with Crippen LogP contribution >= 0.6 is 0 Å². The first-order valence-electron chi connectivity index (χ1n) is 5.51. The van der Waals surface area contributed by atoms with Gasteiger partial charge in [-0.2, -0.15) is 0 Å². The number of aromatic nitrogens is 3. The summed E-state index contributed by atoms with van der Waals surface area (Å²) in [5.74, 6) is -1.04. The van der Waals surface area contributed by atoms with Gasteiger partial charge in [0.1, 0.15) is 0 Å². The van der Waals surface area contributed by atoms with Crippen LogP contribution in [0.3, 0.4) is 0 Å². The van der Waals surface area contributed by atoms with Crippen LogP contribution in [0.15, 0.2) is 6.20 Å². The second-order valence-electron chi connectivity index (χ2n) is 3.95. The number of rotatable bonds is 5. The number of carbonyl (C=O) groups is 1. The topological polar surface area (TPSA) is 77.2 Å². The standard InChI is InChI=1S/C10H15N3O3/c14-10(15)9-7-13(12-11-9)5-1-3-8-4-2-6-16-8/h7-8H,1-6H2,(H,14,15). The largest absolute Gasteiger partial charge is 0.476 e. The molecule has 1 aromatic rings. The first-order chi connectivity index (χ1) is 7.75. The van der Waals surface area contributed by atoms with Crippen molar-refractivity contribution in [1.29, 1.82) is 0 Å². The molecule has 0 aliphatic carbocycles. The summed E-state index contributed by atoms with van der Waals surface area (Å²) in [7, 11) is 0. The maximum atomic E-state index is 10.6. The highest BCUT2D eigenvalue weighted by molar-refractivity contribution is 5.84. The number of nitrogens with zero attached hydrogens (tertiary/aromatic N) is 3. The van der Waals surface area contributed by atoms with Crippen molar-refractivity contribution in [3.63, 3.8) is 0 Å². The van der Waals surface area contributed by atoms with Gasteiger partial charge in [0.25, 0.3) is 0 Å². The van der Waals surface area contributed by atoms with Crippen LogP contribution < -0.4 is 0 Å². The van der Waals surface area contributed by atoms with Crippen molar-refractivity contribution in [2.45, 2.75) is 38.3 Å². The maximum absolute atomic E-state index is 10.6. The highest BCUT2D eigenvalue weighted by Crippen LogP contribution is 2.16. The van der Waals surface area contributed by atoms with Gasteiger partial charge in [0.15, 0.2) is 5.69 Å². The summed E-state index contributed by atoms with van der Waals surface area (Å²) in [6, 6.07) is 0. The summed E-state index contributed by atoms with van der Waals surface area (Å²) < 4.78 is 7.06. The summed E-state index contributed by atoms with van der Waals surface area (Å²) in [5.41, 5.74) is -0.00267. The van der Waals surface area contributed by atoms with E-state index >= 15 is 0 Å². The first-order valence-corrected chi connectivity index (χ1v) is 5.51. The van der Waals surface area contributed by atoms with E-state index in [0.717, 1.165) is 32.3 Å². The summed E-state index contributed by atoms with van der Waals surface area (Å²) in [6.45, 7) is 1.57. The van der Waals surface area contributed by atoms with Crippen LogP contribution in [0.5, 0.6) is 0 Å². The van der Waals surface area contributed by atoms with E-state index in [1.807, 2.05) is 0 Å². The van der Waals surface area contributed by atoms with Gasteiger partial charge in [0, 0.05) is 13.2 Å². The quantitative estimate of drug-likeness (QED) is 0.806. The SMILES string of the molecule is O=C(O)c1cn(CCCC2CCCO2)nn1. The molecule has 0 radical (unpaired) electrons. The van der Waals surface area contributed by atoms with E-state index in [0.29, 0.717) is 12.6 Å². The molecule has 0 bridgehead atoms. The number of aromatic carboxylic acids is 1. The zero-order valence-corrected chi connectivity index (χ0v) is 9.00. The van der Waals surface area contributed by atoms with E-state index < -0.39 is 5.97 Å². The van der Waals surface area contributed by atoms with E-state index in [2.05, 4.69) is 10.3 Å². The van der Waals surface area contributed by atoms with E-state index in [4.69, 9.17) is 9.84 Å². The molecular formula is C10H15N3O3. The van der Waals surface area contributed by atoms with Gasteiger partial charge >= 0.3 is 5.97 Å². The molecule has 1 N–H and O–H groups in total. The van der Waals surface area contributed by atoms with Crippen molar-refractivity contribution < 1.29 is 14.6 Å². The molecule has 1 unspecified atom stereocenters. The average molecular weight is 225 g/mol. The first kappa shape index (κ1) is 11.1. The molecule has 0 aromatic carbocycles. The molecule has 1 fully saturated rings. The molecule has 1 aromatic heterocycles. The lowest BCUT2D eigenvalue weighted by Crippen LogP contribution is -2.07. The van der Waals surface area contributed by atoms with Crippen molar-refractivity contribution in [1.82, 2.24) is 15.0 Å². The summed E-state index contributed by atoms with van der Waals surface area (Å²) in [6.07, 6.45) is 6.06. The predicted octanol–water partition coefficient (Wildman–Crippen LogP) is 0.935. The Hall–Kier alpha value is -1.43. The minimum Gasteiger partial charge on any atom is -0.476 e. The Bertz CT molecular complexity index is 358. The third kappa shape index (κ3) is 2.79. The highest BCUT2D eigenvalue weighted by atomic mass is 16.5. The van der Waals surface area contributed by atoms with Crippen LogP contribution in [-0.2, 0) is 11.3 Å². The monoisotopic (exact) mass is 225 g/mol. The van der Waals surface area contributed by atoms with Crippen molar-refractivity contribution in [2.24, 2.45) is 0 Å². The lowest BCUT2D eigenvalue weighted by atomic mass is 10.1. The van der Waals surface area contributed by atoms with Crippen molar-refractivity contribution in [2.75, 3.05) is 6.61 Å². The Morgan fingerprint density at radius 3 is 3.19 bits per heavy atom. The van der Waals surface area contributed by atoms with Crippen molar-refractivity contribution in [3.05, 3.63) is 11.9 Å². The fourth-order valence-electron chi connectivity index (χ4n) is 1.86. The number of hydrogen-bond donors (Lipinski definition) is 1. The molecule has 1 aliphatic heterocycles. The molecule has 16 heavy (non-hydrogen) atoms. The Balaban J connectivity index is 1.74. The molecule has 1 saturated heterocycles. The van der Waals surface area contributed by atoms with Gasteiger partial charge in [-0.15, -0.1) is 5.10 Å². The molecule has 6 nitrogen and oxygen atoms in total. The van der Waals surface area contributed by atoms with Gasteiger partial charge in [-0.25, -0.2) is 4.79 Å². The van der Waals surface area contributed by atoms with E-state index in [1.165, 1.54) is 6.20 Å². The van der Waals surface area contributed by atoms with Crippen LogP contribution in [0.2, 0.25) is 0 Å². The van der Waals surface area contributed by atoms with Crippen LogP contribution in [0.25, 0.3) is 0 Å². The normalized spacial score (nSPS) is 20.1. The zero-order chi connectivity index (χ0) is 11.4. The fourth-order valence-corrected chi connectivity index (χ4v) is 1.86. The minimum atomic E-state index is -1.04. The van der Waals surface area contributed by atoms with Crippen molar-refractivity contribution >= 4 is 5.97 Å². The second-order valence-corrected chi connectivity index (χ2v) is 3.95. The van der Waals surface area contributed by atoms with Crippen molar-refractivity contribution in [3.8, 4) is 0 Å². The Kier molecular flexibility index (Phi) is 3.51. The van der Waals surface area contributed by atoms with Crippen LogP contribution in [0.4, 0.5) is 0 Å². The molecule has 88 valence electrons. The Morgan fingerprint density at radius 1 is 1.69 bits per heavy atom. The predicted molar refractivity (Wildman–Crippen MR) is 55.2 cm³/mol. The summed E-state index contributed by atoms with van der Waals surface area (Å²) in [4.78, 5) is 10.6. The Morgan fingerprint density at radius 2 is 2.56 bits per heavy atom. The molecular weight excluding hydrogens is 210 g/mol.